The van der Waals surface area contributed by atoms with Gasteiger partial charge in [0.1, 0.15) is 36.9 Å². The summed E-state index contributed by atoms with van der Waals surface area (Å²) in [6.45, 7) is 6.02. The Balaban J connectivity index is 0.000000183. The molecule has 6 aromatic carbocycles. The molecular formula is C70H77N5O18. The number of fused-ring (bicyclic) bond motifs is 2. The number of rotatable bonds is 25. The molecular weight excluding hydrogens is 1200 g/mol. The fourth-order valence-corrected chi connectivity index (χ4v) is 8.68. The van der Waals surface area contributed by atoms with Gasteiger partial charge >= 0.3 is 23.9 Å². The molecule has 9 aromatic rings. The number of nitrogens with zero attached hydrogens (tertiary/aromatic N) is 4. The van der Waals surface area contributed by atoms with E-state index in [0.29, 0.717) is 114 Å². The molecule has 3 heterocycles. The molecule has 490 valence electrons. The normalized spacial score (nSPS) is 11.8. The van der Waals surface area contributed by atoms with Gasteiger partial charge in [0.05, 0.1) is 108 Å². The second-order valence-corrected chi connectivity index (χ2v) is 20.6. The fourth-order valence-electron chi connectivity index (χ4n) is 8.68. The van der Waals surface area contributed by atoms with E-state index in [1.54, 1.807) is 26.0 Å². The number of ether oxygens (including phenoxy) is 8. The van der Waals surface area contributed by atoms with E-state index in [-0.39, 0.29) is 50.6 Å². The Morgan fingerprint density at radius 2 is 0.946 bits per heavy atom. The standard InChI is InChI=1S/C20H19NO4.C13H13NO4.C11H12N2O2.C11H11NO2.C11H14O3.C4H8O3/c1-23-20(22)16-9-15(14-7-8-14)10-18-19(16)17(21-25-18)12-24-11-13-5-3-2-4-6-13;1-17-13(16)9-4-8(7-2-3-7)5-11-12(9)10(6-15)14-18-11;12-11-6-10(13-15-11)8-14-7-9-4-2-1-3-5-9;12-7-6-11(13)9-14-8-10-4-2-1-3-5-10;1-2-14-11(12)9-13-8-10-6-4-3-5-7-10;1-2-7-4(6)3-5/h2-6,9-10,14H,7-8,11-12H2,1H3;4-5,7,15H,2-3,6H2,1H3;1-6H,7-8,12H2;1-5H,6,8-9H2;3-7H,2,8-9H2,1H3;5H,2-3H2,1H3. The number of carbonyl (C=O) groups is 5. The van der Waals surface area contributed by atoms with Crippen LogP contribution in [0.3, 0.4) is 0 Å². The molecule has 0 bridgehead atoms. The molecule has 4 N–H and O–H groups in total. The van der Waals surface area contributed by atoms with Crippen molar-refractivity contribution in [1.29, 1.82) is 5.26 Å². The molecule has 0 saturated heterocycles. The second kappa shape index (κ2) is 40.0. The van der Waals surface area contributed by atoms with Crippen molar-refractivity contribution in [1.82, 2.24) is 15.5 Å². The van der Waals surface area contributed by atoms with Gasteiger partial charge in [0.2, 0.25) is 5.88 Å². The smallest absolute Gasteiger partial charge is 0.338 e. The van der Waals surface area contributed by atoms with Gasteiger partial charge in [0.25, 0.3) is 0 Å². The summed E-state index contributed by atoms with van der Waals surface area (Å²) >= 11 is 0. The number of aliphatic hydroxyl groups is 2. The number of nitrogen functional groups attached to an aromatic ring is 1. The summed E-state index contributed by atoms with van der Waals surface area (Å²) in [7, 11) is 2.72. The molecule has 2 aliphatic carbocycles. The zero-order valence-electron chi connectivity index (χ0n) is 52.4. The van der Waals surface area contributed by atoms with Crippen molar-refractivity contribution in [3.8, 4) is 6.07 Å². The summed E-state index contributed by atoms with van der Waals surface area (Å²) in [6.07, 6.45) is 4.48. The van der Waals surface area contributed by atoms with Gasteiger partial charge in [-0.1, -0.05) is 137 Å². The number of hydrogen-bond donors (Lipinski definition) is 3. The van der Waals surface area contributed by atoms with Crippen LogP contribution in [0.1, 0.15) is 129 Å². The molecule has 0 radical (unpaired) electrons. The van der Waals surface area contributed by atoms with Crippen LogP contribution in [-0.4, -0.2) is 103 Å². The Morgan fingerprint density at radius 3 is 1.33 bits per heavy atom. The SMILES string of the molecule is CCOC(=O)CO.CCOC(=O)COCc1ccccc1.COC(=O)c1cc(C2CC2)cc2onc(CO)c12.COC(=O)c1cc(C2CC2)cc2onc(COCc3ccccc3)c12.N#CCC(=O)COCc1ccccc1.Nc1cc(COCc2ccccc2)no1. The lowest BCUT2D eigenvalue weighted by Gasteiger charge is -2.06. The van der Waals surface area contributed by atoms with E-state index in [0.717, 1.165) is 59.1 Å². The summed E-state index contributed by atoms with van der Waals surface area (Å²) in [5, 5.41) is 38.3. The van der Waals surface area contributed by atoms with Gasteiger partial charge in [0.15, 0.2) is 16.9 Å². The summed E-state index contributed by atoms with van der Waals surface area (Å²) in [5.74, 6) is -0.542. The first-order chi connectivity index (χ1) is 45.3. The number of Topliss-reactive ketones (excluding diaryl/α,β-unsaturated/α-hetero) is 1. The minimum absolute atomic E-state index is 0.0163. The molecule has 2 saturated carbocycles. The van der Waals surface area contributed by atoms with E-state index >= 15 is 0 Å². The Bertz CT molecular complexity index is 3750. The van der Waals surface area contributed by atoms with E-state index in [9.17, 15) is 29.1 Å². The van der Waals surface area contributed by atoms with Crippen LogP contribution in [0.25, 0.3) is 21.9 Å². The molecule has 2 aliphatic rings. The number of nitriles is 1. The zero-order chi connectivity index (χ0) is 66.6. The third kappa shape index (κ3) is 25.3. The largest absolute Gasteiger partial charge is 0.465 e. The summed E-state index contributed by atoms with van der Waals surface area (Å²) < 4.78 is 55.6. The summed E-state index contributed by atoms with van der Waals surface area (Å²) in [5.41, 5.74) is 15.6. The number of anilines is 1. The third-order valence-corrected chi connectivity index (χ3v) is 13.4. The van der Waals surface area contributed by atoms with E-state index in [1.807, 2.05) is 146 Å². The van der Waals surface area contributed by atoms with E-state index in [2.05, 4.69) is 20.2 Å². The van der Waals surface area contributed by atoms with Crippen molar-refractivity contribution in [2.24, 2.45) is 0 Å². The lowest BCUT2D eigenvalue weighted by molar-refractivity contribution is -0.149. The minimum Gasteiger partial charge on any atom is -0.465 e. The monoisotopic (exact) mass is 1280 g/mol. The predicted molar refractivity (Wildman–Crippen MR) is 339 cm³/mol. The van der Waals surface area contributed by atoms with Gasteiger partial charge in [-0.05, 0) is 109 Å². The molecule has 0 amide bonds. The number of aromatic nitrogens is 3. The molecule has 0 atom stereocenters. The highest BCUT2D eigenvalue weighted by molar-refractivity contribution is 6.05. The molecule has 3 aromatic heterocycles. The maximum absolute atomic E-state index is 12.2. The van der Waals surface area contributed by atoms with Crippen LogP contribution < -0.4 is 5.73 Å². The number of hydrogen-bond acceptors (Lipinski definition) is 23. The number of nitrogens with two attached hydrogens (primary N) is 1. The van der Waals surface area contributed by atoms with Crippen molar-refractivity contribution in [3.63, 3.8) is 0 Å². The highest BCUT2D eigenvalue weighted by Crippen LogP contribution is 2.43. The van der Waals surface area contributed by atoms with Crippen LogP contribution >= 0.6 is 0 Å². The molecule has 0 aliphatic heterocycles. The Morgan fingerprint density at radius 1 is 0.527 bits per heavy atom. The molecule has 93 heavy (non-hydrogen) atoms. The highest BCUT2D eigenvalue weighted by atomic mass is 16.6. The van der Waals surface area contributed by atoms with Crippen molar-refractivity contribution >= 4 is 57.5 Å². The lowest BCUT2D eigenvalue weighted by atomic mass is 10.0. The molecule has 23 heteroatoms. The van der Waals surface area contributed by atoms with Gasteiger partial charge in [-0.2, -0.15) is 5.26 Å². The molecule has 0 spiro atoms. The first kappa shape index (κ1) is 72.1. The second-order valence-electron chi connectivity index (χ2n) is 20.6. The first-order valence-electron chi connectivity index (χ1n) is 29.9. The molecule has 11 rings (SSSR count). The van der Waals surface area contributed by atoms with Gasteiger partial charge in [-0.15, -0.1) is 0 Å². The number of ketones is 1. The Labute approximate surface area is 538 Å². The van der Waals surface area contributed by atoms with Crippen molar-refractivity contribution < 1.29 is 85.6 Å². The minimum atomic E-state index is -0.567. The van der Waals surface area contributed by atoms with Gasteiger partial charge in [-0.25, -0.2) is 19.2 Å². The van der Waals surface area contributed by atoms with E-state index in [4.69, 9.17) is 62.8 Å². The van der Waals surface area contributed by atoms with E-state index in [1.165, 1.54) is 14.2 Å². The lowest BCUT2D eigenvalue weighted by Crippen LogP contribution is -2.12. The van der Waals surface area contributed by atoms with E-state index < -0.39 is 18.5 Å². The maximum atomic E-state index is 12.2. The molecule has 23 nitrogen and oxygen atoms in total. The van der Waals surface area contributed by atoms with Crippen molar-refractivity contribution in [2.75, 3.05) is 53.0 Å². The van der Waals surface area contributed by atoms with Crippen LogP contribution in [0.15, 0.2) is 165 Å². The fraction of sp³-hybridized carbons (Fsp3) is 0.329. The number of carbonyl (C=O) groups excluding carboxylic acids is 5. The number of methoxy groups -OCH3 is 2. The third-order valence-electron chi connectivity index (χ3n) is 13.4. The van der Waals surface area contributed by atoms with Crippen molar-refractivity contribution in [3.05, 3.63) is 213 Å². The first-order valence-corrected chi connectivity index (χ1v) is 29.9. The predicted octanol–water partition coefficient (Wildman–Crippen LogP) is 11.2. The number of aliphatic hydroxyl groups excluding tert-OH is 2. The number of esters is 4. The topological polar surface area (TPSA) is 328 Å². The van der Waals surface area contributed by atoms with Crippen molar-refractivity contribution in [2.45, 2.75) is 104 Å². The molecule has 0 unspecified atom stereocenters. The summed E-state index contributed by atoms with van der Waals surface area (Å²) in [6, 6.07) is 50.2. The zero-order valence-corrected chi connectivity index (χ0v) is 52.4. The Kier molecular flexibility index (Phi) is 31.1. The summed E-state index contributed by atoms with van der Waals surface area (Å²) in [4.78, 5) is 55.8. The Hall–Kier alpha value is -9.93. The van der Waals surface area contributed by atoms with Gasteiger partial charge < -0.3 is 67.4 Å². The number of benzene rings is 6. The molecule has 2 fully saturated rings. The van der Waals surface area contributed by atoms with Gasteiger partial charge in [0, 0.05) is 6.07 Å². The van der Waals surface area contributed by atoms with Crippen LogP contribution in [-0.2, 0) is 98.5 Å². The van der Waals surface area contributed by atoms with Crippen LogP contribution in [0.4, 0.5) is 5.88 Å². The van der Waals surface area contributed by atoms with Crippen LogP contribution in [0.5, 0.6) is 0 Å². The average Bonchev–Trinajstić information content (AvgIpc) is 1.68. The maximum Gasteiger partial charge on any atom is 0.338 e. The average molecular weight is 1280 g/mol. The van der Waals surface area contributed by atoms with Crippen LogP contribution in [0.2, 0.25) is 0 Å². The quantitative estimate of drug-likeness (QED) is 0.0353. The highest BCUT2D eigenvalue weighted by Gasteiger charge is 2.29. The van der Waals surface area contributed by atoms with Gasteiger partial charge in [-0.3, -0.25) is 4.79 Å². The van der Waals surface area contributed by atoms with Crippen LogP contribution in [0, 0.1) is 11.3 Å².